The van der Waals surface area contributed by atoms with Crippen molar-refractivity contribution in [3.63, 3.8) is 0 Å². The minimum atomic E-state index is -0.883. The van der Waals surface area contributed by atoms with Crippen molar-refractivity contribution in [2.75, 3.05) is 0 Å². The summed E-state index contributed by atoms with van der Waals surface area (Å²) in [4.78, 5) is 0.947. The van der Waals surface area contributed by atoms with Crippen molar-refractivity contribution in [1.29, 1.82) is 0 Å². The molecule has 0 radical (unpaired) electrons. The Morgan fingerprint density at radius 3 is 2.12 bits per heavy atom. The highest BCUT2D eigenvalue weighted by atomic mass is 32.2. The zero-order chi connectivity index (χ0) is 12.3. The van der Waals surface area contributed by atoms with Crippen LogP contribution in [0.15, 0.2) is 29.2 Å². The molecule has 0 saturated carbocycles. The van der Waals surface area contributed by atoms with Gasteiger partial charge in [-0.2, -0.15) is 0 Å². The van der Waals surface area contributed by atoms with Crippen LogP contribution in [0, 0.1) is 12.3 Å². The van der Waals surface area contributed by atoms with E-state index in [1.54, 1.807) is 0 Å². The van der Waals surface area contributed by atoms with Gasteiger partial charge in [-0.1, -0.05) is 45.4 Å². The van der Waals surface area contributed by atoms with E-state index in [1.165, 1.54) is 5.56 Å². The summed E-state index contributed by atoms with van der Waals surface area (Å²) >= 11 is 0. The van der Waals surface area contributed by atoms with Gasteiger partial charge in [0.05, 0.1) is 10.8 Å². The van der Waals surface area contributed by atoms with Gasteiger partial charge in [0.25, 0.3) is 0 Å². The largest absolute Gasteiger partial charge is 0.254 e. The smallest absolute Gasteiger partial charge is 0.0558 e. The Morgan fingerprint density at radius 1 is 1.19 bits per heavy atom. The van der Waals surface area contributed by atoms with E-state index in [0.717, 1.165) is 11.3 Å². The molecule has 1 rings (SSSR count). The normalized spacial score (nSPS) is 15.8. The predicted molar refractivity (Wildman–Crippen MR) is 71.1 cm³/mol. The number of hydrogen-bond donors (Lipinski definition) is 0. The lowest BCUT2D eigenvalue weighted by Gasteiger charge is -2.22. The summed E-state index contributed by atoms with van der Waals surface area (Å²) in [6, 6.07) is 8.00. The van der Waals surface area contributed by atoms with Crippen LogP contribution in [0.1, 0.15) is 39.7 Å². The van der Waals surface area contributed by atoms with Gasteiger partial charge < -0.3 is 0 Å². The van der Waals surface area contributed by atoms with Crippen LogP contribution in [0.5, 0.6) is 0 Å². The van der Waals surface area contributed by atoms with E-state index in [9.17, 15) is 4.21 Å². The number of benzene rings is 1. The molecular weight excluding hydrogens is 216 g/mol. The first-order valence-corrected chi connectivity index (χ1v) is 6.98. The topological polar surface area (TPSA) is 17.1 Å². The van der Waals surface area contributed by atoms with E-state index >= 15 is 0 Å². The Balaban J connectivity index is 2.74. The quantitative estimate of drug-likeness (QED) is 0.780. The Kier molecular flexibility index (Phi) is 4.31. The zero-order valence-corrected chi connectivity index (χ0v) is 11.7. The molecule has 0 aliphatic heterocycles. The summed E-state index contributed by atoms with van der Waals surface area (Å²) < 4.78 is 12.2. The van der Waals surface area contributed by atoms with Crippen molar-refractivity contribution in [2.24, 2.45) is 5.41 Å². The summed E-state index contributed by atoms with van der Waals surface area (Å²) in [6.45, 7) is 10.7. The lowest BCUT2D eigenvalue weighted by molar-refractivity contribution is 0.375. The lowest BCUT2D eigenvalue weighted by atomic mass is 9.91. The second-order valence-electron chi connectivity index (χ2n) is 5.69. The first-order chi connectivity index (χ1) is 7.29. The van der Waals surface area contributed by atoms with Crippen molar-refractivity contribution in [3.8, 4) is 0 Å². The van der Waals surface area contributed by atoms with Gasteiger partial charge in [0.2, 0.25) is 0 Å². The van der Waals surface area contributed by atoms with Crippen LogP contribution in [-0.2, 0) is 10.8 Å². The first kappa shape index (κ1) is 13.4. The van der Waals surface area contributed by atoms with Crippen molar-refractivity contribution < 1.29 is 4.21 Å². The molecule has 0 saturated heterocycles. The van der Waals surface area contributed by atoms with Gasteiger partial charge in [0, 0.05) is 10.1 Å². The maximum Gasteiger partial charge on any atom is 0.0558 e. The molecule has 0 aromatic heterocycles. The monoisotopic (exact) mass is 238 g/mol. The third-order valence-corrected chi connectivity index (χ3v) is 4.15. The van der Waals surface area contributed by atoms with Crippen LogP contribution in [0.2, 0.25) is 0 Å². The van der Waals surface area contributed by atoms with Gasteiger partial charge in [-0.3, -0.25) is 4.21 Å². The van der Waals surface area contributed by atoms with Crippen molar-refractivity contribution >= 4 is 10.8 Å². The Morgan fingerprint density at radius 2 is 1.69 bits per heavy atom. The molecule has 0 N–H and O–H groups in total. The summed E-state index contributed by atoms with van der Waals surface area (Å²) in [5.41, 5.74) is 1.45. The zero-order valence-electron chi connectivity index (χ0n) is 10.9. The maximum atomic E-state index is 12.2. The number of aryl methyl sites for hydroxylation is 1. The molecule has 16 heavy (non-hydrogen) atoms. The average Bonchev–Trinajstić information content (AvgIpc) is 2.15. The summed E-state index contributed by atoms with van der Waals surface area (Å²) in [5, 5.41) is 0.211. The van der Waals surface area contributed by atoms with Crippen LogP contribution >= 0.6 is 0 Å². The molecule has 0 spiro atoms. The molecule has 0 amide bonds. The van der Waals surface area contributed by atoms with Crippen LogP contribution < -0.4 is 0 Å². The minimum Gasteiger partial charge on any atom is -0.254 e. The molecule has 1 aromatic carbocycles. The van der Waals surface area contributed by atoms with Gasteiger partial charge in [-0.05, 0) is 30.9 Å². The molecule has 0 aliphatic carbocycles. The van der Waals surface area contributed by atoms with E-state index in [2.05, 4.69) is 27.7 Å². The van der Waals surface area contributed by atoms with Crippen molar-refractivity contribution in [2.45, 2.75) is 51.2 Å². The first-order valence-electron chi connectivity index (χ1n) is 5.77. The molecule has 2 heteroatoms. The Hall–Kier alpha value is -0.630. The van der Waals surface area contributed by atoms with Gasteiger partial charge in [0.1, 0.15) is 0 Å². The third kappa shape index (κ3) is 4.09. The second-order valence-corrected chi connectivity index (χ2v) is 7.56. The van der Waals surface area contributed by atoms with Crippen LogP contribution in [0.3, 0.4) is 0 Å². The molecule has 0 bridgehead atoms. The highest BCUT2D eigenvalue weighted by Gasteiger charge is 2.20. The molecule has 0 heterocycles. The van der Waals surface area contributed by atoms with Gasteiger partial charge in [0.15, 0.2) is 0 Å². The van der Waals surface area contributed by atoms with Crippen LogP contribution in [0.4, 0.5) is 0 Å². The molecule has 2 atom stereocenters. The summed E-state index contributed by atoms with van der Waals surface area (Å²) in [5.74, 6) is 0. The minimum absolute atomic E-state index is 0.211. The fourth-order valence-corrected chi connectivity index (χ4v) is 3.36. The van der Waals surface area contributed by atoms with Crippen molar-refractivity contribution in [1.82, 2.24) is 0 Å². The van der Waals surface area contributed by atoms with Gasteiger partial charge in [-0.15, -0.1) is 0 Å². The van der Waals surface area contributed by atoms with Gasteiger partial charge in [-0.25, -0.2) is 0 Å². The molecule has 0 fully saturated rings. The summed E-state index contributed by atoms with van der Waals surface area (Å²) in [7, 11) is -0.883. The molecule has 90 valence electrons. The molecule has 1 nitrogen and oxygen atoms in total. The fraction of sp³-hybridized carbons (Fsp3) is 0.571. The van der Waals surface area contributed by atoms with E-state index in [1.807, 2.05) is 31.2 Å². The third-order valence-electron chi connectivity index (χ3n) is 2.52. The highest BCUT2D eigenvalue weighted by molar-refractivity contribution is 7.85. The van der Waals surface area contributed by atoms with Gasteiger partial charge >= 0.3 is 0 Å². The fourth-order valence-electron chi connectivity index (χ4n) is 1.84. The van der Waals surface area contributed by atoms with E-state index in [4.69, 9.17) is 0 Å². The van der Waals surface area contributed by atoms with Crippen LogP contribution in [0.25, 0.3) is 0 Å². The molecular formula is C14H22OS. The standard InChI is InChI=1S/C14H22OS/c1-11-6-8-13(9-7-11)16(15)12(2)10-14(3,4)5/h6-9,12H,10H2,1-5H3/t12-,16?/m0/s1. The van der Waals surface area contributed by atoms with Crippen LogP contribution in [-0.4, -0.2) is 9.46 Å². The molecule has 0 aliphatic rings. The number of hydrogen-bond acceptors (Lipinski definition) is 1. The highest BCUT2D eigenvalue weighted by Crippen LogP contribution is 2.25. The van der Waals surface area contributed by atoms with E-state index in [-0.39, 0.29) is 10.7 Å². The molecule has 1 aromatic rings. The van der Waals surface area contributed by atoms with E-state index < -0.39 is 10.8 Å². The maximum absolute atomic E-state index is 12.2. The lowest BCUT2D eigenvalue weighted by Crippen LogP contribution is -2.19. The average molecular weight is 238 g/mol. The predicted octanol–water partition coefficient (Wildman–Crippen LogP) is 3.93. The SMILES string of the molecule is Cc1ccc(S(=O)[C@@H](C)CC(C)(C)C)cc1. The molecule has 1 unspecified atom stereocenters. The summed E-state index contributed by atoms with van der Waals surface area (Å²) in [6.07, 6.45) is 0.980. The number of rotatable bonds is 3. The Bertz CT molecular complexity index is 359. The van der Waals surface area contributed by atoms with Crippen molar-refractivity contribution in [3.05, 3.63) is 29.8 Å². The van der Waals surface area contributed by atoms with E-state index in [0.29, 0.717) is 0 Å². The second kappa shape index (κ2) is 5.13. The Labute approximate surface area is 102 Å².